The maximum absolute atomic E-state index is 13.3. The molecule has 0 fully saturated rings. The van der Waals surface area contributed by atoms with Crippen LogP contribution in [0, 0.1) is 0 Å². The van der Waals surface area contributed by atoms with Gasteiger partial charge in [0, 0.05) is 41.2 Å². The second kappa shape index (κ2) is 8.78. The van der Waals surface area contributed by atoms with Crippen LogP contribution in [-0.2, 0) is 13.1 Å². The van der Waals surface area contributed by atoms with Crippen LogP contribution in [0.4, 0.5) is 5.69 Å². The summed E-state index contributed by atoms with van der Waals surface area (Å²) in [6.45, 7) is 0.644. The number of rotatable bonds is 6. The Balaban J connectivity index is 1.54. The molecule has 1 heterocycles. The molecule has 1 aliphatic rings. The van der Waals surface area contributed by atoms with Crippen LogP contribution >= 0.6 is 0 Å². The van der Waals surface area contributed by atoms with Crippen molar-refractivity contribution in [2.75, 3.05) is 11.9 Å². The van der Waals surface area contributed by atoms with E-state index in [1.807, 2.05) is 72.6 Å². The predicted molar refractivity (Wildman–Crippen MR) is 133 cm³/mol. The van der Waals surface area contributed by atoms with E-state index in [1.165, 1.54) is 4.90 Å². The number of carbonyl (C=O) groups excluding carboxylic acids is 2. The molecule has 6 nitrogen and oxygen atoms in total. The summed E-state index contributed by atoms with van der Waals surface area (Å²) in [6.07, 6.45) is 0. The molecule has 2 N–H and O–H groups in total. The normalized spacial score (nSPS) is 12.9. The van der Waals surface area contributed by atoms with Crippen LogP contribution in [-0.4, -0.2) is 40.9 Å². The fourth-order valence-corrected chi connectivity index (χ4v) is 4.64. The molecule has 168 valence electrons. The second-order valence-corrected chi connectivity index (χ2v) is 8.47. The van der Waals surface area contributed by atoms with E-state index in [-0.39, 0.29) is 18.4 Å². The van der Waals surface area contributed by atoms with Crippen molar-refractivity contribution >= 4 is 40.9 Å². The molecule has 0 spiro atoms. The van der Waals surface area contributed by atoms with Gasteiger partial charge in [0.15, 0.2) is 0 Å². The third-order valence-corrected chi connectivity index (χ3v) is 6.30. The molecule has 4 aromatic rings. The largest absolute Gasteiger partial charge is 0.488 e. The van der Waals surface area contributed by atoms with E-state index in [0.717, 1.165) is 22.2 Å². The number of hydrogen-bond acceptors (Lipinski definition) is 5. The molecule has 7 heteroatoms. The van der Waals surface area contributed by atoms with Crippen LogP contribution < -0.4 is 10.4 Å². The number of carbonyl (C=O) groups is 2. The summed E-state index contributed by atoms with van der Waals surface area (Å²) in [5.74, 6) is -0.610. The van der Waals surface area contributed by atoms with Crippen LogP contribution in [0.25, 0.3) is 10.8 Å². The van der Waals surface area contributed by atoms with Gasteiger partial charge < -0.3 is 14.9 Å². The average molecular weight is 450 g/mol. The van der Waals surface area contributed by atoms with Crippen LogP contribution in [0.2, 0.25) is 0 Å². The van der Waals surface area contributed by atoms with Gasteiger partial charge in [0.25, 0.3) is 11.8 Å². The molecule has 0 aromatic heterocycles. The van der Waals surface area contributed by atoms with Gasteiger partial charge in [-0.15, -0.1) is 0 Å². The van der Waals surface area contributed by atoms with E-state index >= 15 is 0 Å². The Morgan fingerprint density at radius 1 is 0.794 bits per heavy atom. The minimum Gasteiger partial charge on any atom is -0.423 e. The van der Waals surface area contributed by atoms with E-state index in [2.05, 4.69) is 0 Å². The van der Waals surface area contributed by atoms with E-state index in [0.29, 0.717) is 28.5 Å². The summed E-state index contributed by atoms with van der Waals surface area (Å²) in [4.78, 5) is 30.0. The summed E-state index contributed by atoms with van der Waals surface area (Å²) >= 11 is 0. The van der Waals surface area contributed by atoms with Crippen LogP contribution in [0.1, 0.15) is 31.8 Å². The fourth-order valence-electron chi connectivity index (χ4n) is 4.64. The highest BCUT2D eigenvalue weighted by Crippen LogP contribution is 2.36. The third-order valence-electron chi connectivity index (χ3n) is 6.30. The standard InChI is InChI=1S/C27H23BN2O4/c1-29(17-19-10-5-6-13-23(19)28(33)34)24-15-14-22-25-20(24)11-7-12-21(25)26(31)30(27(22)32)16-18-8-3-2-4-9-18/h2-15,33-34H,16-17H2,1H3. The summed E-state index contributed by atoms with van der Waals surface area (Å²) in [5.41, 5.74) is 3.97. The Hall–Kier alpha value is -3.94. The number of benzene rings is 4. The van der Waals surface area contributed by atoms with Gasteiger partial charge in [-0.05, 0) is 34.8 Å². The van der Waals surface area contributed by atoms with Crippen molar-refractivity contribution in [2.45, 2.75) is 13.1 Å². The summed E-state index contributed by atoms with van der Waals surface area (Å²) in [7, 11) is 0.338. The minimum absolute atomic E-state index is 0.219. The Morgan fingerprint density at radius 2 is 1.47 bits per heavy atom. The van der Waals surface area contributed by atoms with E-state index in [1.54, 1.807) is 24.3 Å². The SMILES string of the molecule is CN(Cc1ccccc1B(O)O)c1ccc2c3c(cccc13)C(=O)N(Cc1ccccc1)C2=O. The first kappa shape index (κ1) is 21.9. The highest BCUT2D eigenvalue weighted by atomic mass is 16.4. The number of imide groups is 1. The number of amides is 2. The molecule has 4 aromatic carbocycles. The zero-order valence-electron chi connectivity index (χ0n) is 18.7. The van der Waals surface area contributed by atoms with Gasteiger partial charge in [-0.3, -0.25) is 14.5 Å². The number of hydrogen-bond donors (Lipinski definition) is 2. The van der Waals surface area contributed by atoms with Crippen LogP contribution in [0.5, 0.6) is 0 Å². The molecule has 0 atom stereocenters. The minimum atomic E-state index is -1.56. The Kier molecular flexibility index (Phi) is 5.65. The van der Waals surface area contributed by atoms with Crippen molar-refractivity contribution in [3.05, 3.63) is 107 Å². The van der Waals surface area contributed by atoms with Crippen molar-refractivity contribution in [3.8, 4) is 0 Å². The zero-order chi connectivity index (χ0) is 23.8. The molecule has 0 unspecified atom stereocenters. The molecule has 5 rings (SSSR count). The number of nitrogens with zero attached hydrogens (tertiary/aromatic N) is 2. The molecule has 34 heavy (non-hydrogen) atoms. The fraction of sp³-hybridized carbons (Fsp3) is 0.111. The van der Waals surface area contributed by atoms with Gasteiger partial charge in [0.2, 0.25) is 0 Å². The van der Waals surface area contributed by atoms with Gasteiger partial charge in [-0.1, -0.05) is 66.7 Å². The predicted octanol–water partition coefficient (Wildman–Crippen LogP) is 2.95. The van der Waals surface area contributed by atoms with E-state index < -0.39 is 7.12 Å². The van der Waals surface area contributed by atoms with Gasteiger partial charge in [-0.25, -0.2) is 0 Å². The highest BCUT2D eigenvalue weighted by molar-refractivity contribution is 6.59. The van der Waals surface area contributed by atoms with Gasteiger partial charge >= 0.3 is 7.12 Å². The molecule has 0 saturated carbocycles. The molecule has 1 aliphatic heterocycles. The average Bonchev–Trinajstić information content (AvgIpc) is 2.85. The van der Waals surface area contributed by atoms with Crippen LogP contribution in [0.3, 0.4) is 0 Å². The van der Waals surface area contributed by atoms with Crippen molar-refractivity contribution in [3.63, 3.8) is 0 Å². The van der Waals surface area contributed by atoms with Crippen molar-refractivity contribution in [1.82, 2.24) is 4.90 Å². The van der Waals surface area contributed by atoms with Crippen LogP contribution in [0.15, 0.2) is 84.9 Å². The molecule has 0 radical (unpaired) electrons. The molecule has 0 aliphatic carbocycles. The zero-order valence-corrected chi connectivity index (χ0v) is 18.7. The third kappa shape index (κ3) is 3.75. The van der Waals surface area contributed by atoms with Gasteiger partial charge in [0.1, 0.15) is 0 Å². The van der Waals surface area contributed by atoms with E-state index in [4.69, 9.17) is 0 Å². The molecular weight excluding hydrogens is 427 g/mol. The lowest BCUT2D eigenvalue weighted by atomic mass is 9.77. The first-order valence-corrected chi connectivity index (χ1v) is 11.1. The molecule has 0 saturated heterocycles. The first-order chi connectivity index (χ1) is 16.5. The maximum atomic E-state index is 13.3. The topological polar surface area (TPSA) is 81.1 Å². The van der Waals surface area contributed by atoms with Gasteiger partial charge in [0.05, 0.1) is 6.54 Å². The lowest BCUT2D eigenvalue weighted by Gasteiger charge is -2.29. The smallest absolute Gasteiger partial charge is 0.423 e. The highest BCUT2D eigenvalue weighted by Gasteiger charge is 2.33. The van der Waals surface area contributed by atoms with Crippen molar-refractivity contribution < 1.29 is 19.6 Å². The molecular formula is C27H23BN2O4. The van der Waals surface area contributed by atoms with Gasteiger partial charge in [-0.2, -0.15) is 0 Å². The summed E-state index contributed by atoms with van der Waals surface area (Å²) < 4.78 is 0. The lowest BCUT2D eigenvalue weighted by molar-refractivity contribution is 0.0598. The Bertz CT molecular complexity index is 1380. The molecule has 2 amide bonds. The monoisotopic (exact) mass is 450 g/mol. The maximum Gasteiger partial charge on any atom is 0.488 e. The Labute approximate surface area is 197 Å². The summed E-state index contributed by atoms with van der Waals surface area (Å²) in [6, 6.07) is 25.8. The number of anilines is 1. The molecule has 0 bridgehead atoms. The second-order valence-electron chi connectivity index (χ2n) is 8.47. The Morgan fingerprint density at radius 3 is 2.21 bits per heavy atom. The lowest BCUT2D eigenvalue weighted by Crippen LogP contribution is -2.39. The first-order valence-electron chi connectivity index (χ1n) is 11.1. The van der Waals surface area contributed by atoms with Crippen molar-refractivity contribution in [2.24, 2.45) is 0 Å². The van der Waals surface area contributed by atoms with Crippen molar-refractivity contribution in [1.29, 1.82) is 0 Å². The quantitative estimate of drug-likeness (QED) is 0.349. The van der Waals surface area contributed by atoms with E-state index in [9.17, 15) is 19.6 Å². The summed E-state index contributed by atoms with van der Waals surface area (Å²) in [5, 5.41) is 20.9.